The minimum Gasteiger partial charge on any atom is -0.507 e. The van der Waals surface area contributed by atoms with Crippen LogP contribution in [0.5, 0.6) is 5.75 Å². The molecule has 1 atom stereocenters. The van der Waals surface area contributed by atoms with Crippen LogP contribution in [0.15, 0.2) is 46.0 Å². The van der Waals surface area contributed by atoms with Crippen molar-refractivity contribution in [1.82, 2.24) is 13.5 Å². The second-order valence-corrected chi connectivity index (χ2v) is 8.70. The number of benzene rings is 2. The largest absolute Gasteiger partial charge is 0.507 e. The van der Waals surface area contributed by atoms with Crippen molar-refractivity contribution in [1.29, 1.82) is 0 Å². The monoisotopic (exact) mass is 485 g/mol. The van der Waals surface area contributed by atoms with E-state index in [2.05, 4.69) is 10.3 Å². The molecule has 0 radical (unpaired) electrons. The minimum atomic E-state index is -4.85. The molecule has 0 saturated heterocycles. The lowest BCUT2D eigenvalue weighted by Crippen LogP contribution is -2.40. The summed E-state index contributed by atoms with van der Waals surface area (Å²) in [4.78, 5) is 25.2. The van der Waals surface area contributed by atoms with Crippen molar-refractivity contribution in [2.75, 3.05) is 0 Å². The molecule has 174 valence electrons. The van der Waals surface area contributed by atoms with Gasteiger partial charge in [-0.2, -0.15) is 17.5 Å². The van der Waals surface area contributed by atoms with Gasteiger partial charge in [-0.15, -0.1) is 6.42 Å². The quantitative estimate of drug-likeness (QED) is 0.431. The van der Waals surface area contributed by atoms with E-state index in [1.807, 2.05) is 6.92 Å². The van der Waals surface area contributed by atoms with Crippen LogP contribution in [0.4, 0.5) is 13.2 Å². The Morgan fingerprint density at radius 1 is 1.18 bits per heavy atom. The van der Waals surface area contributed by atoms with Crippen molar-refractivity contribution in [3.63, 3.8) is 0 Å². The van der Waals surface area contributed by atoms with Gasteiger partial charge in [-0.1, -0.05) is 12.0 Å². The Kier molecular flexibility index (Phi) is 5.61. The first-order valence-corrected chi connectivity index (χ1v) is 10.8. The molecule has 2 heterocycles. The lowest BCUT2D eigenvalue weighted by atomic mass is 9.94. The van der Waals surface area contributed by atoms with Gasteiger partial charge in [0.2, 0.25) is 0 Å². The van der Waals surface area contributed by atoms with Crippen molar-refractivity contribution in [2.24, 2.45) is 7.05 Å². The summed E-state index contributed by atoms with van der Waals surface area (Å²) in [6.07, 6.45) is 0.685. The number of phenolic OH excluding ortho intramolecular Hbond substituents is 1. The van der Waals surface area contributed by atoms with Gasteiger partial charge >= 0.3 is 11.9 Å². The lowest BCUT2D eigenvalue weighted by Gasteiger charge is -2.14. The van der Waals surface area contributed by atoms with Gasteiger partial charge in [0.25, 0.3) is 5.56 Å². The van der Waals surface area contributed by atoms with Crippen LogP contribution in [0.25, 0.3) is 27.0 Å². The Hall–Kier alpha value is -3.84. The summed E-state index contributed by atoms with van der Waals surface area (Å²) < 4.78 is 45.8. The van der Waals surface area contributed by atoms with Crippen LogP contribution < -0.4 is 11.2 Å². The minimum absolute atomic E-state index is 0.0312. The van der Waals surface area contributed by atoms with Crippen LogP contribution >= 0.6 is 11.5 Å². The first kappa shape index (κ1) is 23.3. The van der Waals surface area contributed by atoms with E-state index in [9.17, 15) is 27.9 Å². The second-order valence-electron chi connectivity index (χ2n) is 7.89. The molecule has 0 aliphatic carbocycles. The zero-order chi connectivity index (χ0) is 24.9. The second kappa shape index (κ2) is 8.18. The SMILES string of the molecule is C#CC(C)c1cc(C)cc(-c2nsc3ccc(-n4c(=O)cc(C(F)(F)F)n(C)c4=O)cc23)c1O. The van der Waals surface area contributed by atoms with Gasteiger partial charge in [-0.25, -0.2) is 9.36 Å². The van der Waals surface area contributed by atoms with E-state index in [1.165, 1.54) is 12.1 Å². The summed E-state index contributed by atoms with van der Waals surface area (Å²) in [5, 5.41) is 11.4. The fourth-order valence-electron chi connectivity index (χ4n) is 3.80. The molecule has 0 spiro atoms. The molecular weight excluding hydrogens is 467 g/mol. The standard InChI is InChI=1S/C24H18F3N3O3S/c1-5-13(3)15-8-12(2)9-17(22(15)32)21-16-10-14(6-7-18(16)34-28-21)30-20(31)11-19(24(25,26)27)29(4)23(30)33/h1,6-11,13,32H,2-4H3. The molecule has 4 aromatic rings. The number of nitrogens with zero attached hydrogens (tertiary/aromatic N) is 3. The molecule has 4 rings (SSSR count). The number of aryl methyl sites for hydroxylation is 1. The predicted octanol–water partition coefficient (Wildman–Crippen LogP) is 4.58. The summed E-state index contributed by atoms with van der Waals surface area (Å²) in [6, 6.07) is 8.49. The topological polar surface area (TPSA) is 77.1 Å². The number of rotatable bonds is 3. The molecule has 0 saturated carbocycles. The summed E-state index contributed by atoms with van der Waals surface area (Å²) >= 11 is 1.14. The fraction of sp³-hybridized carbons (Fsp3) is 0.208. The molecule has 2 aromatic heterocycles. The van der Waals surface area contributed by atoms with E-state index < -0.39 is 23.1 Å². The first-order chi connectivity index (χ1) is 15.9. The molecule has 1 N–H and O–H groups in total. The van der Waals surface area contributed by atoms with Crippen LogP contribution in [0, 0.1) is 19.3 Å². The number of hydrogen-bond donors (Lipinski definition) is 1. The molecule has 1 unspecified atom stereocenters. The highest BCUT2D eigenvalue weighted by atomic mass is 32.1. The van der Waals surface area contributed by atoms with Gasteiger partial charge in [0.1, 0.15) is 11.4 Å². The van der Waals surface area contributed by atoms with Crippen LogP contribution in [-0.4, -0.2) is 18.6 Å². The van der Waals surface area contributed by atoms with Crippen molar-refractivity contribution in [3.05, 3.63) is 74.1 Å². The molecule has 34 heavy (non-hydrogen) atoms. The zero-order valence-corrected chi connectivity index (χ0v) is 19.1. The molecule has 2 aromatic carbocycles. The lowest BCUT2D eigenvalue weighted by molar-refractivity contribution is -0.144. The van der Waals surface area contributed by atoms with Gasteiger partial charge in [-0.3, -0.25) is 9.36 Å². The molecule has 0 amide bonds. The normalized spacial score (nSPS) is 12.6. The number of alkyl halides is 3. The Balaban J connectivity index is 1.96. The molecular formula is C24H18F3N3O3S. The highest BCUT2D eigenvalue weighted by Gasteiger charge is 2.35. The van der Waals surface area contributed by atoms with Crippen LogP contribution in [0.2, 0.25) is 0 Å². The summed E-state index contributed by atoms with van der Waals surface area (Å²) in [6.45, 7) is 3.63. The van der Waals surface area contributed by atoms with Crippen molar-refractivity contribution < 1.29 is 18.3 Å². The van der Waals surface area contributed by atoms with E-state index in [0.29, 0.717) is 42.1 Å². The predicted molar refractivity (Wildman–Crippen MR) is 125 cm³/mol. The molecule has 0 aliphatic rings. The smallest absolute Gasteiger partial charge is 0.431 e. The van der Waals surface area contributed by atoms with E-state index in [1.54, 1.807) is 25.1 Å². The molecule has 0 bridgehead atoms. The Bertz CT molecular complexity index is 1610. The maximum atomic E-state index is 13.2. The molecule has 0 fully saturated rings. The Labute approximate surface area is 195 Å². The maximum absolute atomic E-state index is 13.2. The summed E-state index contributed by atoms with van der Waals surface area (Å²) in [7, 11) is 0.955. The van der Waals surface area contributed by atoms with E-state index in [0.717, 1.165) is 24.1 Å². The van der Waals surface area contributed by atoms with Crippen LogP contribution in [0.1, 0.15) is 29.7 Å². The summed E-state index contributed by atoms with van der Waals surface area (Å²) in [5.74, 6) is 2.20. The van der Waals surface area contributed by atoms with Gasteiger partial charge in [-0.05, 0) is 55.2 Å². The maximum Gasteiger partial charge on any atom is 0.431 e. The highest BCUT2D eigenvalue weighted by Crippen LogP contribution is 2.41. The van der Waals surface area contributed by atoms with E-state index in [-0.39, 0.29) is 17.4 Å². The highest BCUT2D eigenvalue weighted by molar-refractivity contribution is 7.13. The number of fused-ring (bicyclic) bond motifs is 1. The number of halogens is 3. The number of hydrogen-bond acceptors (Lipinski definition) is 5. The third kappa shape index (κ3) is 3.78. The number of phenols is 1. The average molecular weight is 485 g/mol. The van der Waals surface area contributed by atoms with Crippen LogP contribution in [-0.2, 0) is 13.2 Å². The van der Waals surface area contributed by atoms with Crippen molar-refractivity contribution in [2.45, 2.75) is 25.9 Å². The molecule has 10 heteroatoms. The van der Waals surface area contributed by atoms with E-state index in [4.69, 9.17) is 6.42 Å². The third-order valence-electron chi connectivity index (χ3n) is 5.58. The summed E-state index contributed by atoms with van der Waals surface area (Å²) in [5.41, 5.74) is -1.26. The van der Waals surface area contributed by atoms with Crippen molar-refractivity contribution in [3.8, 4) is 35.0 Å². The Morgan fingerprint density at radius 3 is 2.53 bits per heavy atom. The molecule has 0 aliphatic heterocycles. The number of terminal acetylenes is 1. The fourth-order valence-corrected chi connectivity index (χ4v) is 4.57. The van der Waals surface area contributed by atoms with Gasteiger partial charge < -0.3 is 5.11 Å². The molecule has 6 nitrogen and oxygen atoms in total. The van der Waals surface area contributed by atoms with Crippen LogP contribution in [0.3, 0.4) is 0 Å². The Morgan fingerprint density at radius 2 is 1.88 bits per heavy atom. The van der Waals surface area contributed by atoms with Gasteiger partial charge in [0.15, 0.2) is 0 Å². The number of aromatic nitrogens is 3. The van der Waals surface area contributed by atoms with E-state index >= 15 is 0 Å². The number of aromatic hydroxyl groups is 1. The van der Waals surface area contributed by atoms with Gasteiger partial charge in [0.05, 0.1) is 16.1 Å². The average Bonchev–Trinajstić information content (AvgIpc) is 3.19. The third-order valence-corrected chi connectivity index (χ3v) is 6.40. The van der Waals surface area contributed by atoms with Gasteiger partial charge in [0, 0.05) is 35.5 Å². The zero-order valence-electron chi connectivity index (χ0n) is 18.3. The van der Waals surface area contributed by atoms with Crippen molar-refractivity contribution >= 4 is 21.6 Å². The first-order valence-electron chi connectivity index (χ1n) is 10.0.